The molecule has 1 rings (SSSR count). The van der Waals surface area contributed by atoms with E-state index in [9.17, 15) is 0 Å². The molecule has 0 aliphatic heterocycles. The maximum atomic E-state index is 7.74. The highest BCUT2D eigenvalue weighted by atomic mass is 15.8. The van der Waals surface area contributed by atoms with Crippen LogP contribution in [0, 0.1) is 0 Å². The van der Waals surface area contributed by atoms with Gasteiger partial charge in [-0.25, -0.2) is 0 Å². The third kappa shape index (κ3) is 0.684. The summed E-state index contributed by atoms with van der Waals surface area (Å²) in [5.74, 6) is 0. The zero-order valence-corrected chi connectivity index (χ0v) is 3.58. The Morgan fingerprint density at radius 3 is 2.50 bits per heavy atom. The molecule has 0 aliphatic carbocycles. The highest BCUT2D eigenvalue weighted by molar-refractivity contribution is 4.33. The third-order valence-electron chi connectivity index (χ3n) is 0.400. The van der Waals surface area contributed by atoms with Crippen molar-refractivity contribution in [3.8, 4) is 0 Å². The predicted molar refractivity (Wildman–Crippen MR) is 20.2 cm³/mol. The van der Waals surface area contributed by atoms with Gasteiger partial charge in [-0.05, 0) is 0 Å². The highest BCUT2D eigenvalue weighted by Gasteiger charge is 1.87. The van der Waals surface area contributed by atoms with Crippen molar-refractivity contribution in [2.24, 2.45) is 5.22 Å². The van der Waals surface area contributed by atoms with Crippen molar-refractivity contribution in [1.82, 2.24) is 25.8 Å². The lowest BCUT2D eigenvalue weighted by atomic mass is 12.3. The van der Waals surface area contributed by atoms with Crippen molar-refractivity contribution in [3.63, 3.8) is 0 Å². The van der Waals surface area contributed by atoms with Gasteiger partial charge in [0.05, 0.1) is 15.3 Å². The Bertz CT molecular complexity index is 186. The summed E-state index contributed by atoms with van der Waals surface area (Å²) in [5, 5.41) is 15.2. The fraction of sp³-hybridized carbons (Fsp3) is 0. The van der Waals surface area contributed by atoms with Crippen LogP contribution in [0.25, 0.3) is 10.4 Å². The fourth-order valence-electron chi connectivity index (χ4n) is 0.197. The van der Waals surface area contributed by atoms with E-state index in [1.54, 1.807) is 0 Å². The summed E-state index contributed by atoms with van der Waals surface area (Å²) >= 11 is 0. The van der Waals surface area contributed by atoms with Gasteiger partial charge in [-0.2, -0.15) is 4.91 Å². The van der Waals surface area contributed by atoms with Gasteiger partial charge in [0.25, 0.3) is 0 Å². The SMILES string of the molecule is [N-]=[N+]=Nn1nnnn1. The average molecular weight is 112 g/mol. The molecule has 40 valence electrons. The van der Waals surface area contributed by atoms with E-state index in [0.717, 1.165) is 0 Å². The third-order valence-corrected chi connectivity index (χ3v) is 0.400. The molecular weight excluding hydrogens is 112 g/mol. The minimum absolute atomic E-state index is 0.667. The first-order valence-corrected chi connectivity index (χ1v) is 1.60. The van der Waals surface area contributed by atoms with Crippen LogP contribution < -0.4 is 0 Å². The molecule has 0 saturated carbocycles. The second kappa shape index (κ2) is 1.85. The summed E-state index contributed by atoms with van der Waals surface area (Å²) in [6.45, 7) is 0. The molecule has 1 aromatic rings. The number of azide groups is 1. The summed E-state index contributed by atoms with van der Waals surface area (Å²) in [6.07, 6.45) is 0. The molecule has 0 aromatic carbocycles. The first-order valence-electron chi connectivity index (χ1n) is 1.60. The molecule has 8 heavy (non-hydrogen) atoms. The Hall–Kier alpha value is -1.69. The second-order valence-electron chi connectivity index (χ2n) is 0.805. The molecule has 1 aromatic heterocycles. The van der Waals surface area contributed by atoms with E-state index in [-0.39, 0.29) is 0 Å². The van der Waals surface area contributed by atoms with Gasteiger partial charge in [-0.15, -0.1) is 5.53 Å². The van der Waals surface area contributed by atoms with E-state index in [1.165, 1.54) is 0 Å². The molecule has 0 aliphatic rings. The van der Waals surface area contributed by atoms with Gasteiger partial charge in [0, 0.05) is 15.7 Å². The standard InChI is InChI=1S/N8/c1-2-5-8-6-3-4-7-8. The van der Waals surface area contributed by atoms with Gasteiger partial charge in [0.15, 0.2) is 0 Å². The Kier molecular flexibility index (Phi) is 1.03. The average Bonchev–Trinajstić information content (AvgIpc) is 2.19. The molecule has 0 amide bonds. The Morgan fingerprint density at radius 1 is 1.38 bits per heavy atom. The number of nitrogens with zero attached hydrogens (tertiary/aromatic N) is 8. The summed E-state index contributed by atoms with van der Waals surface area (Å²) in [5.41, 5.74) is 7.74. The largest absolute Gasteiger partial charge is 0.165 e. The van der Waals surface area contributed by atoms with Crippen LogP contribution in [0.15, 0.2) is 5.22 Å². The Morgan fingerprint density at radius 2 is 2.00 bits per heavy atom. The minimum atomic E-state index is 0.667. The van der Waals surface area contributed by atoms with Crippen LogP contribution in [0.4, 0.5) is 0 Å². The van der Waals surface area contributed by atoms with Gasteiger partial charge in [0.1, 0.15) is 0 Å². The van der Waals surface area contributed by atoms with Crippen molar-refractivity contribution in [3.05, 3.63) is 10.4 Å². The van der Waals surface area contributed by atoms with Gasteiger partial charge in [-0.1, -0.05) is 0 Å². The molecule has 0 fully saturated rings. The lowest BCUT2D eigenvalue weighted by Crippen LogP contribution is -1.90. The molecule has 0 N–H and O–H groups in total. The van der Waals surface area contributed by atoms with Gasteiger partial charge in [0.2, 0.25) is 0 Å². The number of aromatic nitrogens is 5. The zero-order valence-electron chi connectivity index (χ0n) is 3.58. The topological polar surface area (TPSA) is 105 Å². The van der Waals surface area contributed by atoms with Crippen molar-refractivity contribution in [2.45, 2.75) is 0 Å². The van der Waals surface area contributed by atoms with Crippen LogP contribution in [0.1, 0.15) is 0 Å². The van der Waals surface area contributed by atoms with Gasteiger partial charge >= 0.3 is 0 Å². The Balaban J connectivity index is 2.93. The maximum absolute atomic E-state index is 7.74. The normalized spacial score (nSPS) is 8.00. The van der Waals surface area contributed by atoms with Gasteiger partial charge in [-0.3, -0.25) is 0 Å². The molecule has 0 unspecified atom stereocenters. The predicted octanol–water partition coefficient (Wildman–Crippen LogP) is -0.859. The van der Waals surface area contributed by atoms with Crippen molar-refractivity contribution in [1.29, 1.82) is 0 Å². The van der Waals surface area contributed by atoms with Gasteiger partial charge < -0.3 is 0 Å². The summed E-state index contributed by atoms with van der Waals surface area (Å²) in [4.78, 5) is 3.03. The van der Waals surface area contributed by atoms with E-state index < -0.39 is 0 Å². The molecule has 1 heterocycles. The first-order chi connectivity index (χ1) is 3.93. The first kappa shape index (κ1) is 4.47. The summed E-state index contributed by atoms with van der Waals surface area (Å²) in [7, 11) is 0. The molecule has 0 bridgehead atoms. The molecule has 8 heteroatoms. The van der Waals surface area contributed by atoms with Crippen LogP contribution >= 0.6 is 0 Å². The van der Waals surface area contributed by atoms with E-state index >= 15 is 0 Å². The van der Waals surface area contributed by atoms with Crippen molar-refractivity contribution in [2.75, 3.05) is 0 Å². The minimum Gasteiger partial charge on any atom is -0.165 e. The number of rotatable bonds is 1. The molecule has 8 nitrogen and oxygen atoms in total. The monoisotopic (exact) mass is 112 g/mol. The zero-order chi connectivity index (χ0) is 5.82. The second-order valence-corrected chi connectivity index (χ2v) is 0.805. The molecule has 0 spiro atoms. The summed E-state index contributed by atoms with van der Waals surface area (Å²) in [6, 6.07) is 0. The molecule has 0 saturated heterocycles. The van der Waals surface area contributed by atoms with Crippen LogP contribution in [-0.4, -0.2) is 25.8 Å². The van der Waals surface area contributed by atoms with E-state index in [4.69, 9.17) is 5.53 Å². The van der Waals surface area contributed by atoms with Crippen molar-refractivity contribution >= 4 is 0 Å². The fourth-order valence-corrected chi connectivity index (χ4v) is 0.197. The molecule has 0 atom stereocenters. The number of hydrogen-bond acceptors (Lipinski definition) is 5. The highest BCUT2D eigenvalue weighted by Crippen LogP contribution is 1.66. The lowest BCUT2D eigenvalue weighted by Gasteiger charge is -1.65. The van der Waals surface area contributed by atoms with Crippen LogP contribution in [0.3, 0.4) is 0 Å². The van der Waals surface area contributed by atoms with Crippen LogP contribution in [-0.2, 0) is 0 Å². The molecular formula is N8. The van der Waals surface area contributed by atoms with Crippen LogP contribution in [0.5, 0.6) is 0 Å². The van der Waals surface area contributed by atoms with Crippen molar-refractivity contribution < 1.29 is 0 Å². The van der Waals surface area contributed by atoms with E-state index in [0.29, 0.717) is 4.91 Å². The smallest absolute Gasteiger partial charge is 0.0827 e. The van der Waals surface area contributed by atoms with E-state index in [2.05, 4.69) is 31.0 Å². The maximum Gasteiger partial charge on any atom is 0.0827 e. The lowest BCUT2D eigenvalue weighted by molar-refractivity contribution is 0.594. The number of hydrogen-bond donors (Lipinski definition) is 0. The quantitative estimate of drug-likeness (QED) is 0.267. The van der Waals surface area contributed by atoms with Crippen LogP contribution in [0.2, 0.25) is 0 Å². The summed E-state index contributed by atoms with van der Waals surface area (Å²) < 4.78 is 0. The Labute approximate surface area is 42.7 Å². The van der Waals surface area contributed by atoms with E-state index in [1.807, 2.05) is 0 Å². The molecule has 0 radical (unpaired) electrons.